The van der Waals surface area contributed by atoms with Crippen molar-refractivity contribution in [2.75, 3.05) is 31.6 Å². The Kier molecular flexibility index (Phi) is 8.12. The molecule has 1 N–H and O–H groups in total. The van der Waals surface area contributed by atoms with E-state index in [4.69, 9.17) is 9.47 Å². The molecule has 13 heteroatoms. The molecule has 2 aromatic heterocycles. The van der Waals surface area contributed by atoms with E-state index in [0.29, 0.717) is 46.1 Å². The summed E-state index contributed by atoms with van der Waals surface area (Å²) < 4.78 is 38.6. The quantitative estimate of drug-likeness (QED) is 0.402. The molecular weight excluding hydrogens is 566 g/mol. The van der Waals surface area contributed by atoms with Gasteiger partial charge in [0.25, 0.3) is 6.43 Å². The number of thiazole rings is 1. The number of amides is 3. The van der Waals surface area contributed by atoms with Crippen molar-refractivity contribution in [2.45, 2.75) is 51.9 Å². The van der Waals surface area contributed by atoms with Crippen LogP contribution in [0.2, 0.25) is 0 Å². The summed E-state index contributed by atoms with van der Waals surface area (Å²) in [5.74, 6) is 0. The topological polar surface area (TPSA) is 121 Å². The number of urea groups is 1. The summed E-state index contributed by atoms with van der Waals surface area (Å²) in [6.07, 6.45) is -3.57. The molecule has 0 saturated carbocycles. The Morgan fingerprint density at radius 2 is 1.98 bits per heavy atom. The third-order valence-corrected chi connectivity index (χ3v) is 7.80. The van der Waals surface area contributed by atoms with Crippen LogP contribution in [0.15, 0.2) is 36.4 Å². The van der Waals surface area contributed by atoms with E-state index in [0.717, 1.165) is 11.3 Å². The minimum atomic E-state index is -2.76. The number of carbonyl (C=O) groups excluding carboxylic acids is 2. The molecule has 1 aromatic carbocycles. The Labute approximate surface area is 245 Å². The van der Waals surface area contributed by atoms with Gasteiger partial charge < -0.3 is 14.4 Å². The number of rotatable bonds is 4. The van der Waals surface area contributed by atoms with Gasteiger partial charge >= 0.3 is 12.1 Å². The van der Waals surface area contributed by atoms with Crippen molar-refractivity contribution >= 4 is 28.6 Å². The Hall–Kier alpha value is -4.15. The fourth-order valence-corrected chi connectivity index (χ4v) is 5.97. The number of nitriles is 1. The van der Waals surface area contributed by atoms with Crippen molar-refractivity contribution < 1.29 is 27.8 Å². The van der Waals surface area contributed by atoms with E-state index >= 15 is 0 Å². The van der Waals surface area contributed by atoms with Crippen LogP contribution in [0.3, 0.4) is 0 Å². The standard InChI is InChI=1S/C29H30F2N6O4S/c1-16-10-19(12-20(33-16)25(30)31)24-23(18-7-5-6-17(11-18)13-32)34-26(42-24)35-27(38)36-14-21-22(15-36)40-9-8-37(21)28(39)41-29(2,3)4/h5-7,10-12,21-22,25H,8-9,14-15H2,1-4H3,(H,34,35,38)/t21-,22+/m0/s1. The maximum absolute atomic E-state index is 13.6. The zero-order chi connectivity index (χ0) is 30.2. The second kappa shape index (κ2) is 11.6. The first kappa shape index (κ1) is 29.3. The number of alkyl halides is 2. The molecule has 2 aliphatic heterocycles. The molecule has 2 fully saturated rings. The maximum Gasteiger partial charge on any atom is 0.410 e. The smallest absolute Gasteiger partial charge is 0.410 e. The highest BCUT2D eigenvalue weighted by Gasteiger charge is 2.45. The van der Waals surface area contributed by atoms with E-state index in [-0.39, 0.29) is 36.1 Å². The third-order valence-electron chi connectivity index (χ3n) is 6.78. The molecule has 0 unspecified atom stereocenters. The highest BCUT2D eigenvalue weighted by Crippen LogP contribution is 2.40. The Morgan fingerprint density at radius 3 is 2.69 bits per heavy atom. The summed E-state index contributed by atoms with van der Waals surface area (Å²) in [4.78, 5) is 38.5. The number of anilines is 1. The molecule has 2 saturated heterocycles. The summed E-state index contributed by atoms with van der Waals surface area (Å²) in [5, 5.41) is 12.5. The second-order valence-corrected chi connectivity index (χ2v) is 12.1. The van der Waals surface area contributed by atoms with E-state index < -0.39 is 24.2 Å². The number of aromatic nitrogens is 2. The molecule has 2 aliphatic rings. The highest BCUT2D eigenvalue weighted by atomic mass is 32.1. The third kappa shape index (κ3) is 6.34. The van der Waals surface area contributed by atoms with E-state index in [9.17, 15) is 23.6 Å². The number of nitrogens with zero attached hydrogens (tertiary/aromatic N) is 5. The Balaban J connectivity index is 1.42. The van der Waals surface area contributed by atoms with Crippen molar-refractivity contribution in [1.29, 1.82) is 5.26 Å². The van der Waals surface area contributed by atoms with Crippen molar-refractivity contribution in [3.63, 3.8) is 0 Å². The fourth-order valence-electron chi connectivity index (χ4n) is 5.01. The van der Waals surface area contributed by atoms with Crippen LogP contribution in [0.5, 0.6) is 0 Å². The predicted molar refractivity (Wildman–Crippen MR) is 152 cm³/mol. The lowest BCUT2D eigenvalue weighted by atomic mass is 10.0. The number of pyridine rings is 1. The first-order chi connectivity index (χ1) is 19.9. The monoisotopic (exact) mass is 596 g/mol. The van der Waals surface area contributed by atoms with Crippen molar-refractivity contribution in [1.82, 2.24) is 19.8 Å². The van der Waals surface area contributed by atoms with E-state index in [1.807, 2.05) is 0 Å². The first-order valence-electron chi connectivity index (χ1n) is 13.4. The van der Waals surface area contributed by atoms with Gasteiger partial charge in [-0.3, -0.25) is 15.2 Å². The van der Waals surface area contributed by atoms with Gasteiger partial charge in [-0.25, -0.2) is 23.4 Å². The van der Waals surface area contributed by atoms with Gasteiger partial charge in [-0.1, -0.05) is 23.5 Å². The van der Waals surface area contributed by atoms with Gasteiger partial charge in [0, 0.05) is 24.3 Å². The maximum atomic E-state index is 13.6. The van der Waals surface area contributed by atoms with Gasteiger partial charge in [-0.15, -0.1) is 0 Å². The first-order valence-corrected chi connectivity index (χ1v) is 14.2. The molecule has 5 rings (SSSR count). The number of fused-ring (bicyclic) bond motifs is 1. The summed E-state index contributed by atoms with van der Waals surface area (Å²) in [6, 6.07) is 11.1. The average molecular weight is 597 g/mol. The molecule has 0 radical (unpaired) electrons. The number of morpholine rings is 1. The number of benzene rings is 1. The molecule has 4 heterocycles. The Morgan fingerprint density at radius 1 is 1.19 bits per heavy atom. The van der Waals surface area contributed by atoms with Gasteiger partial charge in [0.2, 0.25) is 0 Å². The van der Waals surface area contributed by atoms with Crippen LogP contribution >= 0.6 is 11.3 Å². The number of aryl methyl sites for hydroxylation is 1. The van der Waals surface area contributed by atoms with Crippen LogP contribution in [-0.4, -0.2) is 75.9 Å². The van der Waals surface area contributed by atoms with Crippen LogP contribution in [-0.2, 0) is 9.47 Å². The number of hydrogen-bond acceptors (Lipinski definition) is 8. The van der Waals surface area contributed by atoms with Gasteiger partial charge in [-0.2, -0.15) is 5.26 Å². The van der Waals surface area contributed by atoms with Crippen LogP contribution in [0.25, 0.3) is 21.7 Å². The minimum Gasteiger partial charge on any atom is -0.444 e. The normalized spacial score (nSPS) is 18.5. The number of nitrogens with one attached hydrogen (secondary N) is 1. The van der Waals surface area contributed by atoms with Crippen LogP contribution < -0.4 is 5.32 Å². The largest absolute Gasteiger partial charge is 0.444 e. The number of likely N-dealkylation sites (tertiary alicyclic amines) is 1. The molecule has 42 heavy (non-hydrogen) atoms. The summed E-state index contributed by atoms with van der Waals surface area (Å²) in [7, 11) is 0. The molecule has 3 amide bonds. The fraction of sp³-hybridized carbons (Fsp3) is 0.414. The zero-order valence-electron chi connectivity index (χ0n) is 23.6. The number of carbonyl (C=O) groups is 2. The molecule has 220 valence electrons. The molecule has 0 aliphatic carbocycles. The molecule has 0 spiro atoms. The SMILES string of the molecule is Cc1cc(-c2sc(NC(=O)N3C[C@H]4OCCN(C(=O)OC(C)(C)C)[C@H]4C3)nc2-c2cccc(C#N)c2)cc(C(F)F)n1. The number of hydrogen-bond donors (Lipinski definition) is 1. The minimum absolute atomic E-state index is 0.242. The average Bonchev–Trinajstić information content (AvgIpc) is 3.56. The van der Waals surface area contributed by atoms with E-state index in [2.05, 4.69) is 21.4 Å². The molecule has 3 aromatic rings. The van der Waals surface area contributed by atoms with Gasteiger partial charge in [-0.05, 0) is 57.5 Å². The van der Waals surface area contributed by atoms with Crippen molar-refractivity contribution in [2.24, 2.45) is 0 Å². The van der Waals surface area contributed by atoms with Crippen molar-refractivity contribution in [3.05, 3.63) is 53.3 Å². The highest BCUT2D eigenvalue weighted by molar-refractivity contribution is 7.19. The lowest BCUT2D eigenvalue weighted by Crippen LogP contribution is -2.54. The summed E-state index contributed by atoms with van der Waals surface area (Å²) in [6.45, 7) is 8.23. The van der Waals surface area contributed by atoms with Crippen LogP contribution in [0.4, 0.5) is 23.5 Å². The predicted octanol–water partition coefficient (Wildman–Crippen LogP) is 5.84. The van der Waals surface area contributed by atoms with Gasteiger partial charge in [0.1, 0.15) is 11.3 Å². The second-order valence-electron chi connectivity index (χ2n) is 11.1. The molecule has 0 bridgehead atoms. The number of ether oxygens (including phenoxy) is 2. The summed E-state index contributed by atoms with van der Waals surface area (Å²) in [5.41, 5.74) is 1.31. The molecular formula is C29H30F2N6O4S. The Bertz CT molecular complexity index is 1550. The van der Waals surface area contributed by atoms with Crippen molar-refractivity contribution in [3.8, 4) is 27.8 Å². The van der Waals surface area contributed by atoms with E-state index in [1.54, 1.807) is 67.8 Å². The van der Waals surface area contributed by atoms with Gasteiger partial charge in [0.15, 0.2) is 5.13 Å². The lowest BCUT2D eigenvalue weighted by Gasteiger charge is -2.37. The van der Waals surface area contributed by atoms with E-state index in [1.165, 1.54) is 6.07 Å². The van der Waals surface area contributed by atoms with Crippen LogP contribution in [0, 0.1) is 18.3 Å². The van der Waals surface area contributed by atoms with Gasteiger partial charge in [0.05, 0.1) is 47.5 Å². The summed E-state index contributed by atoms with van der Waals surface area (Å²) >= 11 is 1.13. The molecule has 10 nitrogen and oxygen atoms in total. The van der Waals surface area contributed by atoms with Crippen LogP contribution in [0.1, 0.15) is 44.1 Å². The zero-order valence-corrected chi connectivity index (χ0v) is 24.4. The lowest BCUT2D eigenvalue weighted by molar-refractivity contribution is -0.0569. The molecule has 2 atom stereocenters. The number of halogens is 2.